The van der Waals surface area contributed by atoms with E-state index in [4.69, 9.17) is 26.4 Å². The normalized spacial score (nSPS) is 9.77. The molecule has 0 saturated heterocycles. The van der Waals surface area contributed by atoms with Gasteiger partial charge in [0, 0.05) is 17.8 Å². The number of anilines is 1. The molecule has 1 heterocycles. The molecule has 0 atom stereocenters. The van der Waals surface area contributed by atoms with Crippen molar-refractivity contribution in [3.63, 3.8) is 0 Å². The lowest BCUT2D eigenvalue weighted by molar-refractivity contribution is 0.475. The molecule has 2 aromatic carbocycles. The number of nitriles is 1. The number of aromatic nitrogens is 2. The molecular formula is C19H19ClN4O2. The fourth-order valence-corrected chi connectivity index (χ4v) is 2.37. The summed E-state index contributed by atoms with van der Waals surface area (Å²) in [4.78, 5) is 0. The van der Waals surface area contributed by atoms with Crippen molar-refractivity contribution >= 4 is 17.3 Å². The third kappa shape index (κ3) is 4.98. The highest BCUT2D eigenvalue weighted by Crippen LogP contribution is 2.26. The van der Waals surface area contributed by atoms with E-state index in [9.17, 15) is 0 Å². The Hall–Kier alpha value is -3.04. The third-order valence-corrected chi connectivity index (χ3v) is 4.01. The van der Waals surface area contributed by atoms with Crippen LogP contribution in [0.4, 0.5) is 5.69 Å². The summed E-state index contributed by atoms with van der Waals surface area (Å²) in [5.41, 5.74) is 3.20. The van der Waals surface area contributed by atoms with Gasteiger partial charge in [-0.25, -0.2) is 0 Å². The molecule has 0 aliphatic heterocycles. The number of hydrogen-bond acceptors (Lipinski definition) is 6. The number of benzene rings is 2. The van der Waals surface area contributed by atoms with Gasteiger partial charge in [-0.3, -0.25) is 0 Å². The first-order valence-corrected chi connectivity index (χ1v) is 8.43. The van der Waals surface area contributed by atoms with Crippen molar-refractivity contribution in [3.8, 4) is 23.3 Å². The van der Waals surface area contributed by atoms with Gasteiger partial charge < -0.3 is 14.8 Å². The van der Waals surface area contributed by atoms with E-state index in [0.717, 1.165) is 24.2 Å². The molecule has 1 aromatic heterocycles. The van der Waals surface area contributed by atoms with Gasteiger partial charge in [-0.1, -0.05) is 24.6 Å². The predicted octanol–water partition coefficient (Wildman–Crippen LogP) is 4.78. The summed E-state index contributed by atoms with van der Waals surface area (Å²) in [6, 6.07) is 12.3. The van der Waals surface area contributed by atoms with Crippen LogP contribution in [0.5, 0.6) is 5.75 Å². The van der Waals surface area contributed by atoms with Crippen LogP contribution in [-0.4, -0.2) is 21.8 Å². The summed E-state index contributed by atoms with van der Waals surface area (Å²) in [6.45, 7) is 4.94. The van der Waals surface area contributed by atoms with Crippen LogP contribution < -0.4 is 5.32 Å². The molecule has 0 spiro atoms. The van der Waals surface area contributed by atoms with Crippen LogP contribution in [0.15, 0.2) is 47.2 Å². The van der Waals surface area contributed by atoms with Gasteiger partial charge in [0.1, 0.15) is 11.8 Å². The van der Waals surface area contributed by atoms with Crippen molar-refractivity contribution in [3.05, 3.63) is 58.9 Å². The quantitative estimate of drug-likeness (QED) is 0.685. The average molecular weight is 371 g/mol. The van der Waals surface area contributed by atoms with Crippen LogP contribution >= 0.6 is 11.6 Å². The molecule has 0 saturated carbocycles. The second-order valence-corrected chi connectivity index (χ2v) is 5.81. The highest BCUT2D eigenvalue weighted by atomic mass is 35.5. The minimum Gasteiger partial charge on any atom is -0.508 e. The van der Waals surface area contributed by atoms with E-state index in [1.807, 2.05) is 13.0 Å². The Labute approximate surface area is 157 Å². The predicted molar refractivity (Wildman–Crippen MR) is 101 cm³/mol. The summed E-state index contributed by atoms with van der Waals surface area (Å²) in [6.07, 6.45) is 2.32. The maximum absolute atomic E-state index is 9.12. The van der Waals surface area contributed by atoms with Crippen molar-refractivity contribution < 1.29 is 9.52 Å². The van der Waals surface area contributed by atoms with Crippen molar-refractivity contribution in [2.75, 3.05) is 11.9 Å². The number of nitrogens with zero attached hydrogens (tertiary/aromatic N) is 3. The van der Waals surface area contributed by atoms with Crippen LogP contribution in [0.1, 0.15) is 24.5 Å². The number of aromatic hydroxyl groups is 1. The molecule has 2 N–H and O–H groups in total. The van der Waals surface area contributed by atoms with E-state index in [2.05, 4.69) is 28.5 Å². The Bertz CT molecular complexity index is 889. The van der Waals surface area contributed by atoms with E-state index in [1.54, 1.807) is 30.3 Å². The first-order chi connectivity index (χ1) is 12.6. The Kier molecular flexibility index (Phi) is 7.01. The molecule has 0 unspecified atom stereocenters. The van der Waals surface area contributed by atoms with E-state index in [0.29, 0.717) is 22.0 Å². The van der Waals surface area contributed by atoms with Gasteiger partial charge >= 0.3 is 0 Å². The lowest BCUT2D eigenvalue weighted by atomic mass is 10.1. The molecule has 134 valence electrons. The second-order valence-electron chi connectivity index (χ2n) is 5.43. The van der Waals surface area contributed by atoms with E-state index in [-0.39, 0.29) is 5.75 Å². The van der Waals surface area contributed by atoms with Gasteiger partial charge in [-0.2, -0.15) is 5.26 Å². The number of halogens is 1. The summed E-state index contributed by atoms with van der Waals surface area (Å²) < 4.78 is 4.94. The lowest BCUT2D eigenvalue weighted by Gasteiger charge is -2.10. The van der Waals surface area contributed by atoms with Crippen LogP contribution in [0, 0.1) is 18.3 Å². The fourth-order valence-electron chi connectivity index (χ4n) is 2.16. The molecule has 0 amide bonds. The standard InChI is InChI=1S/C11H13ClN2.C8H6N2O2/c1-3-6-14-10-5-4-9(7-13)11(12)8(10)2;11-7-3-1-2-6(4-7)8-10-9-5-12-8/h4-5,14H,3,6H2,1-2H3;1-5,11H. The molecule has 3 aromatic rings. The number of hydrogen-bond donors (Lipinski definition) is 2. The summed E-state index contributed by atoms with van der Waals surface area (Å²) in [7, 11) is 0. The molecule has 3 rings (SSSR count). The summed E-state index contributed by atoms with van der Waals surface area (Å²) in [5, 5.41) is 28.9. The molecule has 0 aliphatic rings. The van der Waals surface area contributed by atoms with Gasteiger partial charge in [0.15, 0.2) is 0 Å². The Balaban J connectivity index is 0.000000189. The molecule has 6 nitrogen and oxygen atoms in total. The Morgan fingerprint density at radius 3 is 2.73 bits per heavy atom. The SMILES string of the molecule is CCCNc1ccc(C#N)c(Cl)c1C.Oc1cccc(-c2nnco2)c1. The lowest BCUT2D eigenvalue weighted by Crippen LogP contribution is -2.02. The number of phenols is 1. The Morgan fingerprint density at radius 2 is 2.12 bits per heavy atom. The van der Waals surface area contributed by atoms with Gasteiger partial charge in [0.25, 0.3) is 0 Å². The maximum Gasteiger partial charge on any atom is 0.247 e. The number of phenolic OH excluding ortho intramolecular Hbond substituents is 1. The zero-order valence-corrected chi connectivity index (χ0v) is 15.3. The van der Waals surface area contributed by atoms with Crippen LogP contribution in [0.3, 0.4) is 0 Å². The van der Waals surface area contributed by atoms with Gasteiger partial charge in [0.2, 0.25) is 12.3 Å². The van der Waals surface area contributed by atoms with Crippen LogP contribution in [0.25, 0.3) is 11.5 Å². The minimum atomic E-state index is 0.186. The molecule has 26 heavy (non-hydrogen) atoms. The molecular weight excluding hydrogens is 352 g/mol. The van der Waals surface area contributed by atoms with Gasteiger partial charge in [0.05, 0.1) is 10.6 Å². The molecule has 0 fully saturated rings. The summed E-state index contributed by atoms with van der Waals surface area (Å²) in [5.74, 6) is 0.594. The van der Waals surface area contributed by atoms with Crippen molar-refractivity contribution in [2.45, 2.75) is 20.3 Å². The van der Waals surface area contributed by atoms with Crippen molar-refractivity contribution in [1.29, 1.82) is 5.26 Å². The number of rotatable bonds is 4. The number of nitrogens with one attached hydrogen (secondary N) is 1. The average Bonchev–Trinajstić information content (AvgIpc) is 3.18. The zero-order chi connectivity index (χ0) is 18.9. The molecule has 0 bridgehead atoms. The third-order valence-electron chi connectivity index (χ3n) is 3.53. The van der Waals surface area contributed by atoms with Crippen LogP contribution in [0.2, 0.25) is 5.02 Å². The zero-order valence-electron chi connectivity index (χ0n) is 14.5. The monoisotopic (exact) mass is 370 g/mol. The van der Waals surface area contributed by atoms with Crippen molar-refractivity contribution in [1.82, 2.24) is 10.2 Å². The van der Waals surface area contributed by atoms with Crippen molar-refractivity contribution in [2.24, 2.45) is 0 Å². The van der Waals surface area contributed by atoms with E-state index in [1.165, 1.54) is 6.39 Å². The Morgan fingerprint density at radius 1 is 1.31 bits per heavy atom. The molecule has 0 radical (unpaired) electrons. The second kappa shape index (κ2) is 9.44. The van der Waals surface area contributed by atoms with Gasteiger partial charge in [-0.15, -0.1) is 10.2 Å². The van der Waals surface area contributed by atoms with E-state index < -0.39 is 0 Å². The summed E-state index contributed by atoms with van der Waals surface area (Å²) >= 11 is 6.01. The molecule has 7 heteroatoms. The fraction of sp³-hybridized carbons (Fsp3) is 0.211. The smallest absolute Gasteiger partial charge is 0.247 e. The van der Waals surface area contributed by atoms with E-state index >= 15 is 0 Å². The highest BCUT2D eigenvalue weighted by Gasteiger charge is 2.06. The highest BCUT2D eigenvalue weighted by molar-refractivity contribution is 6.32. The topological polar surface area (TPSA) is 95.0 Å². The largest absolute Gasteiger partial charge is 0.508 e. The maximum atomic E-state index is 9.12. The first-order valence-electron chi connectivity index (χ1n) is 8.05. The minimum absolute atomic E-state index is 0.186. The van der Waals surface area contributed by atoms with Crippen LogP contribution in [-0.2, 0) is 0 Å². The van der Waals surface area contributed by atoms with Gasteiger partial charge in [-0.05, 0) is 49.2 Å². The first kappa shape index (κ1) is 19.3. The molecule has 0 aliphatic carbocycles.